The summed E-state index contributed by atoms with van der Waals surface area (Å²) in [4.78, 5) is 9.58. The summed E-state index contributed by atoms with van der Waals surface area (Å²) in [6.07, 6.45) is 2.91. The first kappa shape index (κ1) is 8.92. The molecule has 0 saturated heterocycles. The third-order valence-electron chi connectivity index (χ3n) is 1.37. The molecule has 0 fully saturated rings. The molecule has 0 saturated carbocycles. The van der Waals surface area contributed by atoms with Gasteiger partial charge in [-0.25, -0.2) is 0 Å². The lowest BCUT2D eigenvalue weighted by Crippen LogP contribution is -2.28. The monoisotopic (exact) mass is 144 g/mol. The lowest BCUT2D eigenvalue weighted by atomic mass is 10.6. The Labute approximate surface area is 58.5 Å². The highest BCUT2D eigenvalue weighted by Crippen LogP contribution is 2.13. The molecule has 0 spiro atoms. The van der Waals surface area contributed by atoms with E-state index < -0.39 is 8.32 Å². The standard InChI is InChI=1S/C7H16OSi/c1-4-6-9(3,8)7-5-2/h4,8H,1,5-7H2,2-3H3. The number of hydrogen-bond donors (Lipinski definition) is 1. The largest absolute Gasteiger partial charge is 0.432 e. The fraction of sp³-hybridized carbons (Fsp3) is 0.714. The van der Waals surface area contributed by atoms with E-state index in [4.69, 9.17) is 0 Å². The summed E-state index contributed by atoms with van der Waals surface area (Å²) in [5.41, 5.74) is 0. The normalized spacial score (nSPS) is 16.8. The van der Waals surface area contributed by atoms with Gasteiger partial charge in [0.1, 0.15) is 0 Å². The molecule has 0 bridgehead atoms. The third kappa shape index (κ3) is 4.42. The van der Waals surface area contributed by atoms with Gasteiger partial charge in [-0.05, 0) is 18.6 Å². The minimum absolute atomic E-state index is 0.834. The first-order chi connectivity index (χ1) is 4.12. The molecule has 0 aromatic carbocycles. The van der Waals surface area contributed by atoms with E-state index in [2.05, 4.69) is 13.5 Å². The van der Waals surface area contributed by atoms with Gasteiger partial charge >= 0.3 is 0 Å². The van der Waals surface area contributed by atoms with E-state index in [-0.39, 0.29) is 0 Å². The molecular weight excluding hydrogens is 128 g/mol. The lowest BCUT2D eigenvalue weighted by molar-refractivity contribution is 0.540. The van der Waals surface area contributed by atoms with Gasteiger partial charge in [0.05, 0.1) is 0 Å². The van der Waals surface area contributed by atoms with Crippen molar-refractivity contribution in [3.63, 3.8) is 0 Å². The Morgan fingerprint density at radius 2 is 2.22 bits per heavy atom. The van der Waals surface area contributed by atoms with Gasteiger partial charge < -0.3 is 4.80 Å². The number of allylic oxidation sites excluding steroid dienone is 1. The van der Waals surface area contributed by atoms with Crippen molar-refractivity contribution >= 4 is 8.32 Å². The Kier molecular flexibility index (Phi) is 3.82. The van der Waals surface area contributed by atoms with Crippen LogP contribution in [-0.4, -0.2) is 13.1 Å². The summed E-state index contributed by atoms with van der Waals surface area (Å²) in [6, 6.07) is 1.83. The quantitative estimate of drug-likeness (QED) is 0.473. The van der Waals surface area contributed by atoms with Crippen molar-refractivity contribution in [1.29, 1.82) is 0 Å². The molecule has 0 aliphatic heterocycles. The van der Waals surface area contributed by atoms with Gasteiger partial charge in [-0.2, -0.15) is 0 Å². The molecule has 0 aliphatic carbocycles. The van der Waals surface area contributed by atoms with E-state index in [0.717, 1.165) is 18.5 Å². The zero-order valence-corrected chi connectivity index (χ0v) is 7.35. The zero-order chi connectivity index (χ0) is 7.33. The first-order valence-electron chi connectivity index (χ1n) is 3.45. The van der Waals surface area contributed by atoms with Gasteiger partial charge in [0.15, 0.2) is 8.32 Å². The van der Waals surface area contributed by atoms with Crippen molar-refractivity contribution in [1.82, 2.24) is 0 Å². The van der Waals surface area contributed by atoms with Gasteiger partial charge in [0.2, 0.25) is 0 Å². The Hall–Kier alpha value is -0.0831. The fourth-order valence-electron chi connectivity index (χ4n) is 0.952. The van der Waals surface area contributed by atoms with E-state index in [0.29, 0.717) is 0 Å². The molecule has 54 valence electrons. The molecule has 1 unspecified atom stereocenters. The average Bonchev–Trinajstić information content (AvgIpc) is 1.64. The summed E-state index contributed by atoms with van der Waals surface area (Å²) in [5.74, 6) is 0. The maximum absolute atomic E-state index is 9.58. The van der Waals surface area contributed by atoms with Crippen LogP contribution in [0.5, 0.6) is 0 Å². The smallest absolute Gasteiger partial charge is 0.189 e. The maximum Gasteiger partial charge on any atom is 0.189 e. The highest BCUT2D eigenvalue weighted by atomic mass is 28.4. The van der Waals surface area contributed by atoms with Crippen molar-refractivity contribution in [2.75, 3.05) is 0 Å². The third-order valence-corrected chi connectivity index (χ3v) is 4.12. The molecule has 1 N–H and O–H groups in total. The molecule has 0 heterocycles. The van der Waals surface area contributed by atoms with Gasteiger partial charge in [-0.15, -0.1) is 6.58 Å². The number of rotatable bonds is 4. The second-order valence-electron chi connectivity index (χ2n) is 2.74. The van der Waals surface area contributed by atoms with E-state index in [9.17, 15) is 4.80 Å². The molecule has 0 aromatic rings. The van der Waals surface area contributed by atoms with Crippen molar-refractivity contribution in [3.8, 4) is 0 Å². The van der Waals surface area contributed by atoms with Crippen LogP contribution in [-0.2, 0) is 0 Å². The van der Waals surface area contributed by atoms with Gasteiger partial charge in [0, 0.05) is 0 Å². The molecule has 0 radical (unpaired) electrons. The van der Waals surface area contributed by atoms with Crippen LogP contribution in [0.2, 0.25) is 18.6 Å². The van der Waals surface area contributed by atoms with Crippen LogP contribution < -0.4 is 0 Å². The molecule has 1 nitrogen and oxygen atoms in total. The SMILES string of the molecule is C=CC[Si](C)(O)CCC. The van der Waals surface area contributed by atoms with Crippen molar-refractivity contribution < 1.29 is 4.80 Å². The van der Waals surface area contributed by atoms with E-state index in [1.165, 1.54) is 0 Å². The average molecular weight is 144 g/mol. The highest BCUT2D eigenvalue weighted by Gasteiger charge is 2.20. The minimum atomic E-state index is -1.82. The topological polar surface area (TPSA) is 20.2 Å². The zero-order valence-electron chi connectivity index (χ0n) is 6.35. The Morgan fingerprint density at radius 3 is 2.56 bits per heavy atom. The second kappa shape index (κ2) is 3.85. The fourth-order valence-corrected chi connectivity index (χ4v) is 2.85. The van der Waals surface area contributed by atoms with Crippen LogP contribution in [0.4, 0.5) is 0 Å². The van der Waals surface area contributed by atoms with Gasteiger partial charge in [-0.3, -0.25) is 0 Å². The van der Waals surface area contributed by atoms with Crippen molar-refractivity contribution in [2.24, 2.45) is 0 Å². The van der Waals surface area contributed by atoms with Crippen LogP contribution in [0, 0.1) is 0 Å². The molecule has 0 amide bonds. The second-order valence-corrected chi connectivity index (χ2v) is 6.64. The van der Waals surface area contributed by atoms with Crippen LogP contribution in [0.1, 0.15) is 13.3 Å². The molecule has 0 aromatic heterocycles. The molecule has 0 rings (SSSR count). The van der Waals surface area contributed by atoms with Crippen LogP contribution in [0.3, 0.4) is 0 Å². The van der Waals surface area contributed by atoms with Crippen molar-refractivity contribution in [2.45, 2.75) is 32.0 Å². The summed E-state index contributed by atoms with van der Waals surface area (Å²) in [7, 11) is -1.82. The summed E-state index contributed by atoms with van der Waals surface area (Å²) >= 11 is 0. The van der Waals surface area contributed by atoms with E-state index >= 15 is 0 Å². The molecule has 1 atom stereocenters. The van der Waals surface area contributed by atoms with Gasteiger partial charge in [-0.1, -0.05) is 19.4 Å². The number of hydrogen-bond acceptors (Lipinski definition) is 1. The highest BCUT2D eigenvalue weighted by molar-refractivity contribution is 6.71. The maximum atomic E-state index is 9.58. The van der Waals surface area contributed by atoms with Crippen LogP contribution in [0.25, 0.3) is 0 Å². The van der Waals surface area contributed by atoms with Crippen LogP contribution >= 0.6 is 0 Å². The predicted molar refractivity (Wildman–Crippen MR) is 43.9 cm³/mol. The summed E-state index contributed by atoms with van der Waals surface area (Å²) in [6.45, 7) is 7.69. The summed E-state index contributed by atoms with van der Waals surface area (Å²) < 4.78 is 0. The molecular formula is C7H16OSi. The lowest BCUT2D eigenvalue weighted by Gasteiger charge is -2.16. The summed E-state index contributed by atoms with van der Waals surface area (Å²) in [5, 5.41) is 0. The van der Waals surface area contributed by atoms with Crippen LogP contribution in [0.15, 0.2) is 12.7 Å². The molecule has 0 aliphatic rings. The van der Waals surface area contributed by atoms with Crippen molar-refractivity contribution in [3.05, 3.63) is 12.7 Å². The Morgan fingerprint density at radius 1 is 1.67 bits per heavy atom. The first-order valence-corrected chi connectivity index (χ1v) is 6.32. The predicted octanol–water partition coefficient (Wildman–Crippen LogP) is 2.15. The molecule has 2 heteroatoms. The Balaban J connectivity index is 3.55. The Bertz CT molecular complexity index is 88.9. The molecule has 9 heavy (non-hydrogen) atoms. The minimum Gasteiger partial charge on any atom is -0.432 e. The van der Waals surface area contributed by atoms with E-state index in [1.807, 2.05) is 12.6 Å². The van der Waals surface area contributed by atoms with Gasteiger partial charge in [0.25, 0.3) is 0 Å². The van der Waals surface area contributed by atoms with E-state index in [1.54, 1.807) is 0 Å².